The van der Waals surface area contributed by atoms with Crippen molar-refractivity contribution in [2.24, 2.45) is 0 Å². The average Bonchev–Trinajstić information content (AvgIpc) is 2.96. The van der Waals surface area contributed by atoms with Gasteiger partial charge < -0.3 is 10.1 Å². The number of ether oxygens (including phenoxy) is 1. The number of para-hydroxylation sites is 1. The molecule has 0 bridgehead atoms. The highest BCUT2D eigenvalue weighted by Crippen LogP contribution is 2.26. The van der Waals surface area contributed by atoms with Gasteiger partial charge in [0.05, 0.1) is 0 Å². The molecule has 0 unspecified atom stereocenters. The Hall–Kier alpha value is -3.17. The van der Waals surface area contributed by atoms with E-state index in [1.165, 1.54) is 22.7 Å². The molecule has 1 amide bonds. The van der Waals surface area contributed by atoms with Crippen LogP contribution in [0.15, 0.2) is 30.3 Å². The van der Waals surface area contributed by atoms with Gasteiger partial charge in [-0.3, -0.25) is 4.79 Å². The fourth-order valence-corrected chi connectivity index (χ4v) is 2.39. The summed E-state index contributed by atoms with van der Waals surface area (Å²) in [6.07, 6.45) is -4.82. The summed E-state index contributed by atoms with van der Waals surface area (Å²) in [6, 6.07) is 7.34. The van der Waals surface area contributed by atoms with Gasteiger partial charge in [-0.1, -0.05) is 18.2 Å². The summed E-state index contributed by atoms with van der Waals surface area (Å²) in [6.45, 7) is 3.41. The summed E-state index contributed by atoms with van der Waals surface area (Å²) in [5.41, 5.74) is 1.66. The number of nitrogens with one attached hydrogen (secondary N) is 1. The van der Waals surface area contributed by atoms with Crippen molar-refractivity contribution in [3.05, 3.63) is 53.1 Å². The molecule has 3 aromatic rings. The topological polar surface area (TPSA) is 81.4 Å². The Kier molecular flexibility index (Phi) is 4.49. The molecular formula is C16H14F3N5O2. The van der Waals surface area contributed by atoms with Gasteiger partial charge in [0, 0.05) is 23.5 Å². The standard InChI is InChI=1S/C16H14F3N5O2/c1-9-7-10(2)24-15(21-9)22-13(23-24)14(25)20-8-11-5-3-4-6-12(11)26-16(17,18)19/h3-7H,8H2,1-2H3,(H,20,25). The molecule has 1 aromatic carbocycles. The first-order valence-corrected chi connectivity index (χ1v) is 7.56. The molecule has 0 atom stereocenters. The molecule has 26 heavy (non-hydrogen) atoms. The minimum atomic E-state index is -4.82. The van der Waals surface area contributed by atoms with Crippen LogP contribution in [0.3, 0.4) is 0 Å². The summed E-state index contributed by atoms with van der Waals surface area (Å²) in [7, 11) is 0. The van der Waals surface area contributed by atoms with Crippen LogP contribution in [-0.2, 0) is 6.54 Å². The Morgan fingerprint density at radius 3 is 2.69 bits per heavy atom. The number of aromatic nitrogens is 4. The summed E-state index contributed by atoms with van der Waals surface area (Å²) >= 11 is 0. The first kappa shape index (κ1) is 17.6. The lowest BCUT2D eigenvalue weighted by molar-refractivity contribution is -0.274. The third-order valence-electron chi connectivity index (χ3n) is 3.46. The lowest BCUT2D eigenvalue weighted by Crippen LogP contribution is -2.25. The maximum atomic E-state index is 12.4. The van der Waals surface area contributed by atoms with Crippen LogP contribution in [-0.4, -0.2) is 31.9 Å². The van der Waals surface area contributed by atoms with E-state index in [9.17, 15) is 18.0 Å². The molecule has 0 saturated heterocycles. The van der Waals surface area contributed by atoms with E-state index in [1.54, 1.807) is 26.0 Å². The molecule has 2 heterocycles. The van der Waals surface area contributed by atoms with Crippen molar-refractivity contribution in [2.45, 2.75) is 26.8 Å². The second kappa shape index (κ2) is 6.62. The van der Waals surface area contributed by atoms with Crippen molar-refractivity contribution in [3.63, 3.8) is 0 Å². The second-order valence-electron chi connectivity index (χ2n) is 5.52. The zero-order valence-electron chi connectivity index (χ0n) is 13.8. The van der Waals surface area contributed by atoms with E-state index in [4.69, 9.17) is 0 Å². The van der Waals surface area contributed by atoms with Crippen LogP contribution in [0.4, 0.5) is 13.2 Å². The zero-order chi connectivity index (χ0) is 18.9. The number of rotatable bonds is 4. The average molecular weight is 365 g/mol. The van der Waals surface area contributed by atoms with E-state index >= 15 is 0 Å². The van der Waals surface area contributed by atoms with Crippen LogP contribution in [0.5, 0.6) is 5.75 Å². The molecule has 136 valence electrons. The molecule has 0 aliphatic heterocycles. The second-order valence-corrected chi connectivity index (χ2v) is 5.52. The summed E-state index contributed by atoms with van der Waals surface area (Å²) in [5.74, 6) is -0.861. The number of hydrogen-bond donors (Lipinski definition) is 1. The van der Waals surface area contributed by atoms with E-state index in [-0.39, 0.29) is 29.5 Å². The van der Waals surface area contributed by atoms with Gasteiger partial charge in [0.15, 0.2) is 0 Å². The molecule has 0 aliphatic carbocycles. The number of hydrogen-bond acceptors (Lipinski definition) is 5. The van der Waals surface area contributed by atoms with Crippen molar-refractivity contribution in [2.75, 3.05) is 0 Å². The van der Waals surface area contributed by atoms with E-state index in [1.807, 2.05) is 0 Å². The Balaban J connectivity index is 1.77. The SMILES string of the molecule is Cc1cc(C)n2nc(C(=O)NCc3ccccc3OC(F)(F)F)nc2n1. The monoisotopic (exact) mass is 365 g/mol. The van der Waals surface area contributed by atoms with Crippen LogP contribution in [0.1, 0.15) is 27.6 Å². The molecule has 0 spiro atoms. The van der Waals surface area contributed by atoms with Crippen molar-refractivity contribution in [1.29, 1.82) is 0 Å². The first-order chi connectivity index (χ1) is 12.2. The smallest absolute Gasteiger partial charge is 0.405 e. The summed E-state index contributed by atoms with van der Waals surface area (Å²) in [4.78, 5) is 20.5. The number of fused-ring (bicyclic) bond motifs is 1. The minimum absolute atomic E-state index is 0.125. The molecule has 10 heteroatoms. The number of alkyl halides is 3. The van der Waals surface area contributed by atoms with Gasteiger partial charge >= 0.3 is 6.36 Å². The number of amides is 1. The zero-order valence-corrected chi connectivity index (χ0v) is 13.8. The van der Waals surface area contributed by atoms with Crippen LogP contribution < -0.4 is 10.1 Å². The number of carbonyl (C=O) groups is 1. The third-order valence-corrected chi connectivity index (χ3v) is 3.46. The van der Waals surface area contributed by atoms with E-state index < -0.39 is 12.3 Å². The normalized spacial score (nSPS) is 11.6. The van der Waals surface area contributed by atoms with Crippen LogP contribution in [0.25, 0.3) is 5.78 Å². The number of halogens is 3. The molecular weight excluding hydrogens is 351 g/mol. The Morgan fingerprint density at radius 1 is 1.23 bits per heavy atom. The van der Waals surface area contributed by atoms with Crippen LogP contribution in [0.2, 0.25) is 0 Å². The quantitative estimate of drug-likeness (QED) is 0.769. The van der Waals surface area contributed by atoms with Crippen LogP contribution >= 0.6 is 0 Å². The summed E-state index contributed by atoms with van der Waals surface area (Å²) < 4.78 is 42.7. The third kappa shape index (κ3) is 3.90. The van der Waals surface area contributed by atoms with Gasteiger partial charge in [0.2, 0.25) is 5.82 Å². The largest absolute Gasteiger partial charge is 0.573 e. The molecule has 7 nitrogen and oxygen atoms in total. The molecule has 0 aliphatic rings. The molecule has 2 aromatic heterocycles. The van der Waals surface area contributed by atoms with Crippen molar-refractivity contribution in [1.82, 2.24) is 24.9 Å². The maximum Gasteiger partial charge on any atom is 0.573 e. The molecule has 1 N–H and O–H groups in total. The Morgan fingerprint density at radius 2 is 1.96 bits per heavy atom. The van der Waals surface area contributed by atoms with Crippen molar-refractivity contribution in [3.8, 4) is 5.75 Å². The lowest BCUT2D eigenvalue weighted by atomic mass is 10.2. The Labute approximate surface area is 145 Å². The van der Waals surface area contributed by atoms with E-state index in [0.29, 0.717) is 0 Å². The minimum Gasteiger partial charge on any atom is -0.405 e. The molecule has 0 saturated carbocycles. The van der Waals surface area contributed by atoms with Gasteiger partial charge in [-0.15, -0.1) is 18.3 Å². The predicted octanol–water partition coefficient (Wildman–Crippen LogP) is 2.57. The lowest BCUT2D eigenvalue weighted by Gasteiger charge is -2.13. The number of benzene rings is 1. The molecule has 0 fully saturated rings. The number of aryl methyl sites for hydroxylation is 2. The van der Waals surface area contributed by atoms with E-state index in [2.05, 4.69) is 25.1 Å². The highest BCUT2D eigenvalue weighted by molar-refractivity contribution is 5.90. The van der Waals surface area contributed by atoms with Gasteiger partial charge in [0.25, 0.3) is 11.7 Å². The van der Waals surface area contributed by atoms with E-state index in [0.717, 1.165) is 11.4 Å². The number of carbonyl (C=O) groups excluding carboxylic acids is 1. The highest BCUT2D eigenvalue weighted by atomic mass is 19.4. The van der Waals surface area contributed by atoms with Crippen molar-refractivity contribution >= 4 is 11.7 Å². The van der Waals surface area contributed by atoms with Crippen molar-refractivity contribution < 1.29 is 22.7 Å². The highest BCUT2D eigenvalue weighted by Gasteiger charge is 2.32. The Bertz CT molecular complexity index is 968. The summed E-state index contributed by atoms with van der Waals surface area (Å²) in [5, 5.41) is 6.55. The van der Waals surface area contributed by atoms with Gasteiger partial charge in [-0.05, 0) is 26.0 Å². The maximum absolute atomic E-state index is 12.4. The van der Waals surface area contributed by atoms with Crippen LogP contribution in [0, 0.1) is 13.8 Å². The molecule has 0 radical (unpaired) electrons. The van der Waals surface area contributed by atoms with Gasteiger partial charge in [0.1, 0.15) is 5.75 Å². The fourth-order valence-electron chi connectivity index (χ4n) is 2.39. The van der Waals surface area contributed by atoms with Gasteiger partial charge in [-0.25, -0.2) is 9.50 Å². The predicted molar refractivity (Wildman–Crippen MR) is 84.6 cm³/mol. The van der Waals surface area contributed by atoms with Gasteiger partial charge in [-0.2, -0.15) is 4.98 Å². The molecule has 3 rings (SSSR count). The first-order valence-electron chi connectivity index (χ1n) is 7.56. The fraction of sp³-hybridized carbons (Fsp3) is 0.250. The number of nitrogens with zero attached hydrogens (tertiary/aromatic N) is 4.